The molecule has 0 unspecified atom stereocenters. The summed E-state index contributed by atoms with van der Waals surface area (Å²) in [6, 6.07) is 20.6. The van der Waals surface area contributed by atoms with Gasteiger partial charge in [-0.1, -0.05) is 0 Å². The standard InChI is InChI=1S/C14H12.2ClH.Zr/c1-3-7-13(8-4-1)11-12-14-9-5-2-6-10-14;;;/h1-10H,11H2;2*1H;/q;;;+2/p-2. The Morgan fingerprint density at radius 3 is 1.88 bits per heavy atom. The molecule has 3 heteroatoms. The summed E-state index contributed by atoms with van der Waals surface area (Å²) in [5.74, 6) is 0. The average Bonchev–Trinajstić information content (AvgIpc) is 2.38. The van der Waals surface area contributed by atoms with Gasteiger partial charge in [-0.25, -0.2) is 0 Å². The zero-order valence-electron chi connectivity index (χ0n) is 9.24. The van der Waals surface area contributed by atoms with E-state index >= 15 is 0 Å². The minimum absolute atomic E-state index is 0.868. The molecule has 0 N–H and O–H groups in total. The van der Waals surface area contributed by atoms with Crippen LogP contribution in [0.1, 0.15) is 11.1 Å². The summed E-state index contributed by atoms with van der Waals surface area (Å²) in [6.45, 7) is 0. The van der Waals surface area contributed by atoms with E-state index in [1.165, 1.54) is 14.3 Å². The topological polar surface area (TPSA) is 0 Å². The van der Waals surface area contributed by atoms with Crippen LogP contribution in [0.2, 0.25) is 0 Å². The second-order valence-electron chi connectivity index (χ2n) is 3.77. The molecule has 0 radical (unpaired) electrons. The van der Waals surface area contributed by atoms with Crippen molar-refractivity contribution in [3.63, 3.8) is 0 Å². The van der Waals surface area contributed by atoms with Gasteiger partial charge in [0.1, 0.15) is 0 Å². The number of hydrogen-bond donors (Lipinski definition) is 0. The van der Waals surface area contributed by atoms with Gasteiger partial charge in [0.15, 0.2) is 0 Å². The first-order valence-electron chi connectivity index (χ1n) is 5.41. The molecule has 0 nitrogen and oxygen atoms in total. The molecule has 0 aliphatic heterocycles. The Labute approximate surface area is 116 Å². The summed E-state index contributed by atoms with van der Waals surface area (Å²) < 4.78 is 1.24. The van der Waals surface area contributed by atoms with E-state index in [-0.39, 0.29) is 0 Å². The van der Waals surface area contributed by atoms with E-state index in [0.29, 0.717) is 0 Å². The summed E-state index contributed by atoms with van der Waals surface area (Å²) in [6.07, 6.45) is 0.868. The number of benzene rings is 2. The molecule has 0 heterocycles. The fourth-order valence-electron chi connectivity index (χ4n) is 1.72. The van der Waals surface area contributed by atoms with Gasteiger partial charge in [0, 0.05) is 0 Å². The molecular formula is C14H12Cl2Zr. The zero-order valence-corrected chi connectivity index (χ0v) is 13.2. The Bertz CT molecular complexity index is 502. The predicted octanol–water partition coefficient (Wildman–Crippen LogP) is 4.38. The Morgan fingerprint density at radius 1 is 0.824 bits per heavy atom. The van der Waals surface area contributed by atoms with Crippen LogP contribution in [-0.4, -0.2) is 3.21 Å². The summed E-state index contributed by atoms with van der Waals surface area (Å²) in [5, 5.41) is 0. The Kier molecular flexibility index (Phi) is 5.16. The van der Waals surface area contributed by atoms with Crippen molar-refractivity contribution in [2.45, 2.75) is 6.42 Å². The van der Waals surface area contributed by atoms with Crippen molar-refractivity contribution in [1.29, 1.82) is 0 Å². The molecule has 0 aliphatic carbocycles. The summed E-state index contributed by atoms with van der Waals surface area (Å²) in [5.41, 5.74) is 2.46. The molecule has 2 aromatic rings. The Morgan fingerprint density at radius 2 is 1.35 bits per heavy atom. The summed E-state index contributed by atoms with van der Waals surface area (Å²) in [4.78, 5) is 0. The third-order valence-corrected chi connectivity index (χ3v) is 7.54. The van der Waals surface area contributed by atoms with Gasteiger partial charge in [-0.2, -0.15) is 0 Å². The molecule has 0 saturated heterocycles. The van der Waals surface area contributed by atoms with Crippen LogP contribution in [0.5, 0.6) is 0 Å². The van der Waals surface area contributed by atoms with Crippen molar-refractivity contribution in [2.24, 2.45) is 0 Å². The number of rotatable bonds is 3. The Balaban J connectivity index is 2.31. The van der Waals surface area contributed by atoms with Crippen LogP contribution >= 0.6 is 17.0 Å². The van der Waals surface area contributed by atoms with Crippen LogP contribution in [0.25, 0.3) is 0 Å². The van der Waals surface area contributed by atoms with Gasteiger partial charge in [-0.15, -0.1) is 0 Å². The minimum atomic E-state index is -2.38. The fourth-order valence-corrected chi connectivity index (χ4v) is 5.58. The molecule has 0 amide bonds. The molecule has 2 rings (SSSR count). The fraction of sp³-hybridized carbons (Fsp3) is 0.0714. The monoisotopic (exact) mass is 340 g/mol. The third-order valence-electron chi connectivity index (χ3n) is 2.57. The van der Waals surface area contributed by atoms with E-state index in [2.05, 4.69) is 24.3 Å². The van der Waals surface area contributed by atoms with Crippen molar-refractivity contribution in [2.75, 3.05) is 0 Å². The van der Waals surface area contributed by atoms with E-state index < -0.39 is 18.9 Å². The van der Waals surface area contributed by atoms with Gasteiger partial charge in [-0.05, 0) is 0 Å². The van der Waals surface area contributed by atoms with Crippen LogP contribution in [-0.2, 0) is 25.3 Å². The van der Waals surface area contributed by atoms with E-state index in [0.717, 1.165) is 6.42 Å². The van der Waals surface area contributed by atoms with Gasteiger partial charge in [0.25, 0.3) is 0 Å². The predicted molar refractivity (Wildman–Crippen MR) is 72.4 cm³/mol. The van der Waals surface area contributed by atoms with Crippen molar-refractivity contribution in [3.05, 3.63) is 71.8 Å². The molecule has 0 bridgehead atoms. The second kappa shape index (κ2) is 6.64. The molecule has 17 heavy (non-hydrogen) atoms. The molecule has 0 spiro atoms. The molecule has 2 aromatic carbocycles. The molecule has 0 aromatic heterocycles. The van der Waals surface area contributed by atoms with Gasteiger partial charge in [0.2, 0.25) is 0 Å². The molecule has 0 atom stereocenters. The van der Waals surface area contributed by atoms with E-state index in [1.807, 2.05) is 36.4 Å². The Hall–Kier alpha value is -0.227. The molecule has 0 saturated carbocycles. The SMILES string of the molecule is [Cl][Zr]([Cl])=[C](Cc1ccccc1)c1ccccc1. The van der Waals surface area contributed by atoms with Gasteiger partial charge < -0.3 is 0 Å². The maximum atomic E-state index is 6.25. The normalized spacial score (nSPS) is 10.0. The van der Waals surface area contributed by atoms with E-state index in [1.54, 1.807) is 0 Å². The van der Waals surface area contributed by atoms with Crippen molar-refractivity contribution < 1.29 is 18.9 Å². The quantitative estimate of drug-likeness (QED) is 0.777. The molecule has 86 valence electrons. The van der Waals surface area contributed by atoms with Crippen molar-refractivity contribution in [1.82, 2.24) is 0 Å². The molecular weight excluding hydrogens is 330 g/mol. The molecule has 0 aliphatic rings. The van der Waals surface area contributed by atoms with Gasteiger partial charge in [-0.3, -0.25) is 0 Å². The van der Waals surface area contributed by atoms with Crippen molar-refractivity contribution >= 4 is 20.2 Å². The van der Waals surface area contributed by atoms with Crippen LogP contribution in [0, 0.1) is 0 Å². The van der Waals surface area contributed by atoms with Crippen LogP contribution in [0.3, 0.4) is 0 Å². The van der Waals surface area contributed by atoms with E-state index in [4.69, 9.17) is 17.0 Å². The zero-order chi connectivity index (χ0) is 12.1. The average molecular weight is 342 g/mol. The van der Waals surface area contributed by atoms with Gasteiger partial charge in [0.05, 0.1) is 0 Å². The first kappa shape index (κ1) is 13.2. The first-order chi connectivity index (χ1) is 8.27. The summed E-state index contributed by atoms with van der Waals surface area (Å²) in [7, 11) is 12.5. The van der Waals surface area contributed by atoms with Crippen LogP contribution in [0.4, 0.5) is 0 Å². The number of halogens is 2. The second-order valence-corrected chi connectivity index (χ2v) is 12.1. The first-order valence-corrected chi connectivity index (χ1v) is 13.0. The van der Waals surface area contributed by atoms with Gasteiger partial charge >= 0.3 is 117 Å². The van der Waals surface area contributed by atoms with Crippen molar-refractivity contribution in [3.8, 4) is 0 Å². The number of hydrogen-bond acceptors (Lipinski definition) is 0. The maximum absolute atomic E-state index is 6.25. The van der Waals surface area contributed by atoms with E-state index in [9.17, 15) is 0 Å². The van der Waals surface area contributed by atoms with Crippen LogP contribution < -0.4 is 0 Å². The summed E-state index contributed by atoms with van der Waals surface area (Å²) >= 11 is -2.38. The van der Waals surface area contributed by atoms with Crippen LogP contribution in [0.15, 0.2) is 60.7 Å². The molecule has 0 fully saturated rings. The third kappa shape index (κ3) is 3.88.